The van der Waals surface area contributed by atoms with Crippen LogP contribution in [-0.4, -0.2) is 26.9 Å². The molecule has 1 aromatic rings. The van der Waals surface area contributed by atoms with E-state index in [2.05, 4.69) is 0 Å². The maximum Gasteiger partial charge on any atom is 0.203 e. The number of hydrogen-bond acceptors (Lipinski definition) is 5. The molecule has 2 rings (SSSR count). The van der Waals surface area contributed by atoms with Gasteiger partial charge in [0.2, 0.25) is 5.75 Å². The lowest BCUT2D eigenvalue weighted by atomic mass is 9.85. The monoisotopic (exact) mass is 290 g/mol. The second-order valence-electron chi connectivity index (χ2n) is 5.19. The number of nitrogens with two attached hydrogens (primary N) is 2. The fourth-order valence-corrected chi connectivity index (χ4v) is 2.45. The molecule has 0 radical (unpaired) electrons. The summed E-state index contributed by atoms with van der Waals surface area (Å²) < 4.78 is 16.0. The van der Waals surface area contributed by atoms with Gasteiger partial charge < -0.3 is 25.7 Å². The highest BCUT2D eigenvalue weighted by atomic mass is 16.5. The van der Waals surface area contributed by atoms with Crippen molar-refractivity contribution in [3.63, 3.8) is 0 Å². The normalized spacial score (nSPS) is 20.9. The van der Waals surface area contributed by atoms with E-state index in [1.165, 1.54) is 0 Å². The Balaban J connectivity index is 2.31. The van der Waals surface area contributed by atoms with Crippen LogP contribution in [0.5, 0.6) is 17.2 Å². The van der Waals surface area contributed by atoms with Crippen molar-refractivity contribution < 1.29 is 14.2 Å². The molecule has 0 spiro atoms. The zero-order valence-electron chi connectivity index (χ0n) is 12.7. The van der Waals surface area contributed by atoms with Gasteiger partial charge in [0.1, 0.15) is 0 Å². The summed E-state index contributed by atoms with van der Waals surface area (Å²) in [6, 6.07) is 3.84. The molecule has 4 N–H and O–H groups in total. The first-order chi connectivity index (χ1) is 10.0. The van der Waals surface area contributed by atoms with Gasteiger partial charge in [0, 0.05) is 11.2 Å². The Labute approximate surface area is 125 Å². The summed E-state index contributed by atoms with van der Waals surface area (Å²) in [5.41, 5.74) is 13.5. The van der Waals surface area contributed by atoms with Crippen LogP contribution in [0, 0.1) is 0 Å². The standard InChI is InChI=1S/C16H22N2O3/c1-19-13-8-11(9-14(20-2)15(13)21-3)10-16(18)6-4-12(17)5-7-16/h4-6,8-9H,7,10,17-18H2,1-3H3. The Morgan fingerprint density at radius 1 is 1.10 bits per heavy atom. The highest BCUT2D eigenvalue weighted by Gasteiger charge is 2.25. The molecule has 0 saturated carbocycles. The van der Waals surface area contributed by atoms with E-state index in [1.54, 1.807) is 21.3 Å². The summed E-state index contributed by atoms with van der Waals surface area (Å²) in [5, 5.41) is 0. The fraction of sp³-hybridized carbons (Fsp3) is 0.375. The van der Waals surface area contributed by atoms with E-state index in [1.807, 2.05) is 30.4 Å². The number of ether oxygens (including phenoxy) is 3. The van der Waals surface area contributed by atoms with Crippen molar-refractivity contribution in [2.45, 2.75) is 18.4 Å². The SMILES string of the molecule is COc1cc(CC2(N)C=CC(N)=CC2)cc(OC)c1OC. The van der Waals surface area contributed by atoms with Crippen LogP contribution in [0.4, 0.5) is 0 Å². The minimum atomic E-state index is -0.451. The molecule has 1 aliphatic rings. The summed E-state index contributed by atoms with van der Waals surface area (Å²) in [7, 11) is 4.79. The molecule has 1 unspecified atom stereocenters. The Bertz CT molecular complexity index is 556. The molecule has 0 heterocycles. The Morgan fingerprint density at radius 3 is 2.14 bits per heavy atom. The topological polar surface area (TPSA) is 79.7 Å². The molecule has 0 aliphatic heterocycles. The summed E-state index contributed by atoms with van der Waals surface area (Å²) in [6.45, 7) is 0. The second-order valence-corrected chi connectivity index (χ2v) is 5.19. The third kappa shape index (κ3) is 3.31. The number of rotatable bonds is 5. The van der Waals surface area contributed by atoms with Gasteiger partial charge in [-0.2, -0.15) is 0 Å². The molecule has 0 amide bonds. The molecule has 0 bridgehead atoms. The predicted molar refractivity (Wildman–Crippen MR) is 82.7 cm³/mol. The van der Waals surface area contributed by atoms with Crippen LogP contribution in [-0.2, 0) is 6.42 Å². The third-order valence-corrected chi connectivity index (χ3v) is 3.58. The molecule has 0 saturated heterocycles. The molecule has 1 atom stereocenters. The van der Waals surface area contributed by atoms with Gasteiger partial charge in [0.05, 0.1) is 21.3 Å². The largest absolute Gasteiger partial charge is 0.493 e. The van der Waals surface area contributed by atoms with Crippen molar-refractivity contribution in [2.75, 3.05) is 21.3 Å². The maximum atomic E-state index is 6.41. The van der Waals surface area contributed by atoms with Gasteiger partial charge in [0.25, 0.3) is 0 Å². The van der Waals surface area contributed by atoms with Crippen molar-refractivity contribution in [3.05, 3.63) is 41.6 Å². The van der Waals surface area contributed by atoms with E-state index in [4.69, 9.17) is 25.7 Å². The number of benzene rings is 1. The summed E-state index contributed by atoms with van der Waals surface area (Å²) >= 11 is 0. The van der Waals surface area contributed by atoms with Crippen LogP contribution >= 0.6 is 0 Å². The van der Waals surface area contributed by atoms with Gasteiger partial charge in [-0.05, 0) is 36.6 Å². The second kappa shape index (κ2) is 6.10. The van der Waals surface area contributed by atoms with Crippen molar-refractivity contribution in [1.29, 1.82) is 0 Å². The maximum absolute atomic E-state index is 6.41. The van der Waals surface area contributed by atoms with Crippen LogP contribution in [0.2, 0.25) is 0 Å². The summed E-state index contributed by atoms with van der Waals surface area (Å²) in [5.74, 6) is 1.84. The quantitative estimate of drug-likeness (QED) is 0.863. The highest BCUT2D eigenvalue weighted by molar-refractivity contribution is 5.54. The minimum Gasteiger partial charge on any atom is -0.493 e. The molecule has 5 heteroatoms. The van der Waals surface area contributed by atoms with Crippen molar-refractivity contribution in [3.8, 4) is 17.2 Å². The van der Waals surface area contributed by atoms with Crippen LogP contribution < -0.4 is 25.7 Å². The van der Waals surface area contributed by atoms with Crippen LogP contribution in [0.3, 0.4) is 0 Å². The molecule has 5 nitrogen and oxygen atoms in total. The molecule has 114 valence electrons. The molecule has 1 aromatic carbocycles. The third-order valence-electron chi connectivity index (χ3n) is 3.58. The minimum absolute atomic E-state index is 0.451. The smallest absolute Gasteiger partial charge is 0.203 e. The van der Waals surface area contributed by atoms with Crippen LogP contribution in [0.1, 0.15) is 12.0 Å². The lowest BCUT2D eigenvalue weighted by Crippen LogP contribution is -2.40. The number of allylic oxidation sites excluding steroid dienone is 1. The van der Waals surface area contributed by atoms with Gasteiger partial charge in [-0.3, -0.25) is 0 Å². The number of methoxy groups -OCH3 is 3. The van der Waals surface area contributed by atoms with E-state index in [-0.39, 0.29) is 0 Å². The van der Waals surface area contributed by atoms with Gasteiger partial charge >= 0.3 is 0 Å². The zero-order valence-corrected chi connectivity index (χ0v) is 12.7. The van der Waals surface area contributed by atoms with E-state index in [9.17, 15) is 0 Å². The first-order valence-electron chi connectivity index (χ1n) is 6.74. The number of hydrogen-bond donors (Lipinski definition) is 2. The first kappa shape index (κ1) is 15.3. The van der Waals surface area contributed by atoms with Crippen molar-refractivity contribution >= 4 is 0 Å². The Hall–Kier alpha value is -2.14. The van der Waals surface area contributed by atoms with Crippen molar-refractivity contribution in [1.82, 2.24) is 0 Å². The van der Waals surface area contributed by atoms with Gasteiger partial charge in [-0.25, -0.2) is 0 Å². The first-order valence-corrected chi connectivity index (χ1v) is 6.74. The summed E-state index contributed by atoms with van der Waals surface area (Å²) in [4.78, 5) is 0. The lowest BCUT2D eigenvalue weighted by molar-refractivity contribution is 0.323. The predicted octanol–water partition coefficient (Wildman–Crippen LogP) is 1.75. The highest BCUT2D eigenvalue weighted by Crippen LogP contribution is 2.39. The molecule has 0 aromatic heterocycles. The van der Waals surface area contributed by atoms with E-state index in [0.29, 0.717) is 30.1 Å². The molecule has 21 heavy (non-hydrogen) atoms. The molecular formula is C16H22N2O3. The molecular weight excluding hydrogens is 268 g/mol. The Morgan fingerprint density at radius 2 is 1.71 bits per heavy atom. The molecule has 0 fully saturated rings. The van der Waals surface area contributed by atoms with Gasteiger partial charge in [0.15, 0.2) is 11.5 Å². The lowest BCUT2D eigenvalue weighted by Gasteiger charge is -2.28. The van der Waals surface area contributed by atoms with Gasteiger partial charge in [-0.1, -0.05) is 12.2 Å². The van der Waals surface area contributed by atoms with E-state index < -0.39 is 5.54 Å². The molecule has 1 aliphatic carbocycles. The average molecular weight is 290 g/mol. The van der Waals surface area contributed by atoms with Crippen LogP contribution in [0.25, 0.3) is 0 Å². The van der Waals surface area contributed by atoms with Gasteiger partial charge in [-0.15, -0.1) is 0 Å². The Kier molecular flexibility index (Phi) is 4.43. The van der Waals surface area contributed by atoms with E-state index in [0.717, 1.165) is 11.3 Å². The average Bonchev–Trinajstić information content (AvgIpc) is 2.49. The van der Waals surface area contributed by atoms with Crippen molar-refractivity contribution in [2.24, 2.45) is 11.5 Å². The fourth-order valence-electron chi connectivity index (χ4n) is 2.45. The zero-order chi connectivity index (χ0) is 15.5. The van der Waals surface area contributed by atoms with E-state index >= 15 is 0 Å². The van der Waals surface area contributed by atoms with Crippen LogP contribution in [0.15, 0.2) is 36.1 Å². The summed E-state index contributed by atoms with van der Waals surface area (Å²) in [6.07, 6.45) is 7.10.